The SMILES string of the molecule is C=C1CCC(C/C=C(\C)CC/C=C(/CCC=C(C)C)C(=O)O)C(C)(C)[C@@H]1CC/C(C)=C/C(=O)O. The summed E-state index contributed by atoms with van der Waals surface area (Å²) in [7, 11) is 0. The Labute approximate surface area is 207 Å². The maximum atomic E-state index is 11.5. The first kappa shape index (κ1) is 29.7. The maximum absolute atomic E-state index is 11.5. The van der Waals surface area contributed by atoms with Crippen LogP contribution in [0.4, 0.5) is 0 Å². The molecular weight excluding hydrogens is 424 g/mol. The number of allylic oxidation sites excluding steroid dienone is 7. The maximum Gasteiger partial charge on any atom is 0.331 e. The number of aliphatic carboxylic acids is 2. The summed E-state index contributed by atoms with van der Waals surface area (Å²) in [6, 6.07) is 0. The Hall–Kier alpha value is -2.36. The molecule has 190 valence electrons. The van der Waals surface area contributed by atoms with Crippen LogP contribution in [0.5, 0.6) is 0 Å². The fourth-order valence-corrected chi connectivity index (χ4v) is 5.10. The number of carboxylic acids is 2. The van der Waals surface area contributed by atoms with Crippen molar-refractivity contribution in [3.05, 3.63) is 58.7 Å². The third-order valence-corrected chi connectivity index (χ3v) is 7.38. The number of carboxylic acid groups (broad SMARTS) is 2. The first-order valence-electron chi connectivity index (χ1n) is 12.6. The molecule has 34 heavy (non-hydrogen) atoms. The molecule has 0 bridgehead atoms. The van der Waals surface area contributed by atoms with E-state index in [1.807, 2.05) is 26.8 Å². The second-order valence-electron chi connectivity index (χ2n) is 10.8. The molecule has 0 aromatic carbocycles. The predicted octanol–water partition coefficient (Wildman–Crippen LogP) is 8.28. The Balaban J connectivity index is 2.71. The van der Waals surface area contributed by atoms with Crippen molar-refractivity contribution in [2.45, 2.75) is 99.3 Å². The van der Waals surface area contributed by atoms with Crippen molar-refractivity contribution in [3.8, 4) is 0 Å². The van der Waals surface area contributed by atoms with Crippen LogP contribution in [0.2, 0.25) is 0 Å². The molecule has 0 aliphatic heterocycles. The van der Waals surface area contributed by atoms with Crippen molar-refractivity contribution in [2.75, 3.05) is 0 Å². The first-order chi connectivity index (χ1) is 15.8. The van der Waals surface area contributed by atoms with Gasteiger partial charge < -0.3 is 10.2 Å². The lowest BCUT2D eigenvalue weighted by Gasteiger charge is -2.47. The minimum Gasteiger partial charge on any atom is -0.478 e. The minimum absolute atomic E-state index is 0.108. The number of hydrogen-bond acceptors (Lipinski definition) is 2. The van der Waals surface area contributed by atoms with E-state index in [4.69, 9.17) is 5.11 Å². The fourth-order valence-electron chi connectivity index (χ4n) is 5.10. The zero-order valence-electron chi connectivity index (χ0n) is 22.2. The van der Waals surface area contributed by atoms with Crippen LogP contribution in [0.15, 0.2) is 58.7 Å². The van der Waals surface area contributed by atoms with Crippen molar-refractivity contribution in [2.24, 2.45) is 17.3 Å². The van der Waals surface area contributed by atoms with Crippen molar-refractivity contribution >= 4 is 11.9 Å². The molecule has 0 amide bonds. The highest BCUT2D eigenvalue weighted by Crippen LogP contribution is 2.50. The van der Waals surface area contributed by atoms with Crippen molar-refractivity contribution in [1.82, 2.24) is 0 Å². The molecule has 0 heterocycles. The monoisotopic (exact) mass is 470 g/mol. The van der Waals surface area contributed by atoms with E-state index in [1.54, 1.807) is 0 Å². The van der Waals surface area contributed by atoms with Gasteiger partial charge in [-0.05, 0) is 103 Å². The van der Waals surface area contributed by atoms with Crippen molar-refractivity contribution in [3.63, 3.8) is 0 Å². The molecule has 0 aromatic rings. The van der Waals surface area contributed by atoms with Gasteiger partial charge in [0.1, 0.15) is 0 Å². The largest absolute Gasteiger partial charge is 0.478 e. The van der Waals surface area contributed by atoms with Gasteiger partial charge in [0.05, 0.1) is 0 Å². The molecule has 1 aliphatic rings. The molecule has 1 saturated carbocycles. The van der Waals surface area contributed by atoms with Crippen LogP contribution < -0.4 is 0 Å². The van der Waals surface area contributed by atoms with Crippen LogP contribution in [-0.4, -0.2) is 22.2 Å². The third-order valence-electron chi connectivity index (χ3n) is 7.38. The molecule has 1 aliphatic carbocycles. The van der Waals surface area contributed by atoms with E-state index < -0.39 is 11.9 Å². The van der Waals surface area contributed by atoms with Crippen LogP contribution in [0.25, 0.3) is 0 Å². The molecule has 2 N–H and O–H groups in total. The van der Waals surface area contributed by atoms with E-state index in [9.17, 15) is 14.7 Å². The van der Waals surface area contributed by atoms with Gasteiger partial charge >= 0.3 is 11.9 Å². The van der Waals surface area contributed by atoms with Gasteiger partial charge in [-0.1, -0.05) is 60.9 Å². The molecule has 0 saturated heterocycles. The number of carbonyl (C=O) groups is 2. The van der Waals surface area contributed by atoms with E-state index in [0.717, 1.165) is 56.9 Å². The van der Waals surface area contributed by atoms with Gasteiger partial charge in [0.15, 0.2) is 0 Å². The average molecular weight is 471 g/mol. The molecule has 4 heteroatoms. The molecule has 1 rings (SSSR count). The second kappa shape index (κ2) is 14.1. The minimum atomic E-state index is -0.879. The molecule has 2 atom stereocenters. The second-order valence-corrected chi connectivity index (χ2v) is 10.8. The smallest absolute Gasteiger partial charge is 0.331 e. The summed E-state index contributed by atoms with van der Waals surface area (Å²) in [6.45, 7) is 17.1. The highest BCUT2D eigenvalue weighted by Gasteiger charge is 2.40. The molecule has 1 fully saturated rings. The fraction of sp³-hybridized carbons (Fsp3) is 0.600. The first-order valence-corrected chi connectivity index (χ1v) is 12.6. The van der Waals surface area contributed by atoms with Crippen LogP contribution in [0.3, 0.4) is 0 Å². The van der Waals surface area contributed by atoms with Crippen LogP contribution >= 0.6 is 0 Å². The molecule has 0 spiro atoms. The molecule has 0 aromatic heterocycles. The summed E-state index contributed by atoms with van der Waals surface area (Å²) in [5.41, 5.74) is 5.34. The number of hydrogen-bond donors (Lipinski definition) is 2. The lowest BCUT2D eigenvalue weighted by atomic mass is 9.58. The quantitative estimate of drug-likeness (QED) is 0.210. The summed E-state index contributed by atoms with van der Waals surface area (Å²) >= 11 is 0. The van der Waals surface area contributed by atoms with Gasteiger partial charge in [0.25, 0.3) is 0 Å². The zero-order valence-corrected chi connectivity index (χ0v) is 22.2. The Morgan fingerprint density at radius 3 is 2.21 bits per heavy atom. The highest BCUT2D eigenvalue weighted by molar-refractivity contribution is 5.86. The Morgan fingerprint density at radius 1 is 0.971 bits per heavy atom. The Morgan fingerprint density at radius 2 is 1.62 bits per heavy atom. The summed E-state index contributed by atoms with van der Waals surface area (Å²) in [6.07, 6.45) is 15.5. The van der Waals surface area contributed by atoms with Gasteiger partial charge in [-0.15, -0.1) is 0 Å². The van der Waals surface area contributed by atoms with Gasteiger partial charge in [-0.3, -0.25) is 0 Å². The average Bonchev–Trinajstić information content (AvgIpc) is 2.70. The summed E-state index contributed by atoms with van der Waals surface area (Å²) < 4.78 is 0. The normalized spacial score (nSPS) is 21.4. The van der Waals surface area contributed by atoms with Gasteiger partial charge in [0, 0.05) is 11.6 Å². The van der Waals surface area contributed by atoms with E-state index in [0.29, 0.717) is 23.8 Å². The summed E-state index contributed by atoms with van der Waals surface area (Å²) in [5, 5.41) is 18.4. The van der Waals surface area contributed by atoms with Gasteiger partial charge in [-0.2, -0.15) is 0 Å². The third kappa shape index (κ3) is 10.3. The van der Waals surface area contributed by atoms with Crippen LogP contribution in [0.1, 0.15) is 99.3 Å². The Bertz CT molecular complexity index is 847. The highest BCUT2D eigenvalue weighted by atomic mass is 16.4. The van der Waals surface area contributed by atoms with Gasteiger partial charge in [-0.25, -0.2) is 9.59 Å². The Kier molecular flexibility index (Phi) is 12.3. The standard InChI is InChI=1S/C30H46O4/c1-21(2)10-8-12-25(29(33)34)13-9-11-22(3)14-17-26-18-16-24(5)27(30(26,6)7)19-15-23(4)20-28(31)32/h10,13-14,20,26-27H,5,8-9,11-12,15-19H2,1-4,6-7H3,(H,31,32)(H,33,34)/b22-14+,23-20+,25-13-/t26?,27-/m1/s1. The van der Waals surface area contributed by atoms with Crippen LogP contribution in [-0.2, 0) is 9.59 Å². The number of rotatable bonds is 13. The predicted molar refractivity (Wildman–Crippen MR) is 142 cm³/mol. The van der Waals surface area contributed by atoms with Crippen molar-refractivity contribution in [1.29, 1.82) is 0 Å². The molecular formula is C30H46O4. The van der Waals surface area contributed by atoms with Gasteiger partial charge in [0.2, 0.25) is 0 Å². The van der Waals surface area contributed by atoms with E-state index in [-0.39, 0.29) is 5.41 Å². The lowest BCUT2D eigenvalue weighted by Crippen LogP contribution is -2.37. The lowest BCUT2D eigenvalue weighted by molar-refractivity contribution is -0.133. The molecule has 4 nitrogen and oxygen atoms in total. The summed E-state index contributed by atoms with van der Waals surface area (Å²) in [4.78, 5) is 22.5. The van der Waals surface area contributed by atoms with Crippen molar-refractivity contribution < 1.29 is 19.8 Å². The topological polar surface area (TPSA) is 74.6 Å². The molecule has 1 unspecified atom stereocenters. The van der Waals surface area contributed by atoms with Crippen LogP contribution in [0, 0.1) is 17.3 Å². The molecule has 0 radical (unpaired) electrons. The summed E-state index contributed by atoms with van der Waals surface area (Å²) in [5.74, 6) is -0.752. The van der Waals surface area contributed by atoms with E-state index >= 15 is 0 Å². The van der Waals surface area contributed by atoms with E-state index in [2.05, 4.69) is 39.5 Å². The van der Waals surface area contributed by atoms with E-state index in [1.165, 1.54) is 22.8 Å². The zero-order chi connectivity index (χ0) is 25.9.